The number of carbonyl (C=O) groups is 3. The minimum Gasteiger partial charge on any atom is -0.453 e. The van der Waals surface area contributed by atoms with Gasteiger partial charge in [0.25, 0.3) is 0 Å². The number of carbonyl (C=O) groups excluding carboxylic acids is 3. The first kappa shape index (κ1) is 16.6. The van der Waals surface area contributed by atoms with Crippen LogP contribution < -0.4 is 0 Å². The zero-order valence-corrected chi connectivity index (χ0v) is 13.3. The molecule has 0 aliphatic carbocycles. The Balaban J connectivity index is 2.35. The van der Waals surface area contributed by atoms with Gasteiger partial charge in [-0.3, -0.25) is 14.3 Å². The molecule has 0 aliphatic rings. The van der Waals surface area contributed by atoms with Crippen LogP contribution in [0.5, 0.6) is 0 Å². The van der Waals surface area contributed by atoms with Crippen LogP contribution in [0, 0.1) is 6.92 Å². The molecular formula is C17H18N2O4. The van der Waals surface area contributed by atoms with Crippen molar-refractivity contribution in [3.05, 3.63) is 41.6 Å². The second kappa shape index (κ2) is 7.00. The van der Waals surface area contributed by atoms with E-state index >= 15 is 0 Å². The van der Waals surface area contributed by atoms with E-state index in [1.165, 1.54) is 18.5 Å². The Labute approximate surface area is 134 Å². The third kappa shape index (κ3) is 4.35. The fraction of sp³-hybridized carbons (Fsp3) is 0.294. The summed E-state index contributed by atoms with van der Waals surface area (Å²) in [4.78, 5) is 34.4. The molecule has 0 N–H and O–H groups in total. The van der Waals surface area contributed by atoms with Gasteiger partial charge in [-0.1, -0.05) is 29.8 Å². The highest BCUT2D eigenvalue weighted by Crippen LogP contribution is 2.20. The molecule has 0 spiro atoms. The number of hydrogen-bond donors (Lipinski definition) is 0. The largest absolute Gasteiger partial charge is 0.453 e. The highest BCUT2D eigenvalue weighted by atomic mass is 16.5. The Bertz CT molecular complexity index is 744. The lowest BCUT2D eigenvalue weighted by Gasteiger charge is -2.04. The van der Waals surface area contributed by atoms with Crippen LogP contribution in [0.4, 0.5) is 0 Å². The average Bonchev–Trinajstić information content (AvgIpc) is 2.88. The van der Waals surface area contributed by atoms with Gasteiger partial charge in [0.1, 0.15) is 18.8 Å². The van der Waals surface area contributed by atoms with Gasteiger partial charge in [0.2, 0.25) is 0 Å². The number of rotatable bonds is 6. The van der Waals surface area contributed by atoms with Crippen LogP contribution >= 0.6 is 0 Å². The van der Waals surface area contributed by atoms with Crippen molar-refractivity contribution in [3.63, 3.8) is 0 Å². The van der Waals surface area contributed by atoms with E-state index in [-0.39, 0.29) is 30.4 Å². The Morgan fingerprint density at radius 3 is 2.30 bits per heavy atom. The van der Waals surface area contributed by atoms with Crippen LogP contribution in [0.3, 0.4) is 0 Å². The van der Waals surface area contributed by atoms with Crippen LogP contribution in [0.2, 0.25) is 0 Å². The van der Waals surface area contributed by atoms with E-state index < -0.39 is 5.97 Å². The maximum absolute atomic E-state index is 12.1. The van der Waals surface area contributed by atoms with Gasteiger partial charge in [-0.25, -0.2) is 4.79 Å². The molecular weight excluding hydrogens is 296 g/mol. The normalized spacial score (nSPS) is 10.4. The first-order chi connectivity index (χ1) is 10.9. The van der Waals surface area contributed by atoms with Crippen molar-refractivity contribution >= 4 is 17.5 Å². The van der Waals surface area contributed by atoms with Gasteiger partial charge in [0.05, 0.1) is 5.69 Å². The highest BCUT2D eigenvalue weighted by molar-refractivity contribution is 5.91. The van der Waals surface area contributed by atoms with E-state index in [2.05, 4.69) is 5.10 Å². The van der Waals surface area contributed by atoms with Gasteiger partial charge in [-0.05, 0) is 26.8 Å². The van der Waals surface area contributed by atoms with Crippen molar-refractivity contribution in [2.24, 2.45) is 0 Å². The number of ether oxygens (including phenoxy) is 1. The zero-order chi connectivity index (χ0) is 17.0. The molecule has 0 saturated heterocycles. The van der Waals surface area contributed by atoms with Gasteiger partial charge >= 0.3 is 5.97 Å². The summed E-state index contributed by atoms with van der Waals surface area (Å²) in [7, 11) is 0. The van der Waals surface area contributed by atoms with Crippen molar-refractivity contribution in [3.8, 4) is 11.3 Å². The summed E-state index contributed by atoms with van der Waals surface area (Å²) in [5, 5.41) is 4.31. The Morgan fingerprint density at radius 2 is 1.74 bits per heavy atom. The first-order valence-corrected chi connectivity index (χ1v) is 7.17. The minimum absolute atomic E-state index is 0.0314. The molecule has 0 atom stereocenters. The number of hydrogen-bond acceptors (Lipinski definition) is 5. The molecule has 0 saturated carbocycles. The van der Waals surface area contributed by atoms with E-state index in [0.717, 1.165) is 11.1 Å². The summed E-state index contributed by atoms with van der Waals surface area (Å²) in [5.74, 6) is -1.06. The molecule has 120 valence electrons. The molecule has 23 heavy (non-hydrogen) atoms. The Hall–Kier alpha value is -2.76. The molecule has 2 rings (SSSR count). The number of ketones is 2. The van der Waals surface area contributed by atoms with Crippen molar-refractivity contribution in [2.45, 2.75) is 27.3 Å². The molecule has 1 heterocycles. The maximum atomic E-state index is 12.1. The van der Waals surface area contributed by atoms with Gasteiger partial charge < -0.3 is 4.74 Å². The predicted molar refractivity (Wildman–Crippen MR) is 84.0 cm³/mol. The van der Waals surface area contributed by atoms with E-state index in [1.807, 2.05) is 31.2 Å². The van der Waals surface area contributed by atoms with Crippen molar-refractivity contribution in [1.82, 2.24) is 9.78 Å². The summed E-state index contributed by atoms with van der Waals surface area (Å²) < 4.78 is 6.23. The Morgan fingerprint density at radius 1 is 1.09 bits per heavy atom. The van der Waals surface area contributed by atoms with Crippen molar-refractivity contribution in [2.75, 3.05) is 6.61 Å². The van der Waals surface area contributed by atoms with E-state index in [0.29, 0.717) is 5.69 Å². The lowest BCUT2D eigenvalue weighted by Crippen LogP contribution is -2.18. The van der Waals surface area contributed by atoms with Gasteiger partial charge in [-0.2, -0.15) is 5.10 Å². The number of aryl methyl sites for hydroxylation is 1. The summed E-state index contributed by atoms with van der Waals surface area (Å²) in [6.45, 7) is 4.39. The fourth-order valence-corrected chi connectivity index (χ4v) is 2.02. The maximum Gasteiger partial charge on any atom is 0.357 e. The topological polar surface area (TPSA) is 78.3 Å². The third-order valence-corrected chi connectivity index (χ3v) is 3.12. The van der Waals surface area contributed by atoms with E-state index in [4.69, 9.17) is 4.74 Å². The van der Waals surface area contributed by atoms with E-state index in [9.17, 15) is 14.4 Å². The first-order valence-electron chi connectivity index (χ1n) is 7.17. The van der Waals surface area contributed by atoms with Crippen LogP contribution in [-0.4, -0.2) is 33.9 Å². The van der Waals surface area contributed by atoms with Crippen LogP contribution in [0.15, 0.2) is 30.3 Å². The minimum atomic E-state index is -0.674. The second-order valence-corrected chi connectivity index (χ2v) is 5.42. The molecule has 1 aromatic heterocycles. The number of benzene rings is 1. The van der Waals surface area contributed by atoms with Crippen LogP contribution in [0.25, 0.3) is 11.3 Å². The lowest BCUT2D eigenvalue weighted by atomic mass is 10.1. The predicted octanol–water partition coefficient (Wildman–Crippen LogP) is 2.19. The quantitative estimate of drug-likeness (QED) is 0.764. The molecule has 0 radical (unpaired) electrons. The molecule has 0 bridgehead atoms. The molecule has 6 nitrogen and oxygen atoms in total. The molecule has 2 aromatic rings. The van der Waals surface area contributed by atoms with Crippen molar-refractivity contribution < 1.29 is 19.1 Å². The van der Waals surface area contributed by atoms with Crippen LogP contribution in [-0.2, 0) is 20.9 Å². The number of nitrogens with zero attached hydrogens (tertiary/aromatic N) is 2. The summed E-state index contributed by atoms with van der Waals surface area (Å²) in [6.07, 6.45) is 0. The molecule has 0 amide bonds. The monoisotopic (exact) mass is 314 g/mol. The molecule has 1 aromatic carbocycles. The number of aromatic nitrogens is 2. The van der Waals surface area contributed by atoms with E-state index in [1.54, 1.807) is 6.07 Å². The SMILES string of the molecule is CC(=O)COC(=O)c1cc(-c2ccc(C)cc2)nn1CC(C)=O. The second-order valence-electron chi connectivity index (χ2n) is 5.42. The lowest BCUT2D eigenvalue weighted by molar-refractivity contribution is -0.120. The smallest absolute Gasteiger partial charge is 0.357 e. The number of esters is 1. The van der Waals surface area contributed by atoms with Gasteiger partial charge in [0, 0.05) is 5.56 Å². The average molecular weight is 314 g/mol. The zero-order valence-electron chi connectivity index (χ0n) is 13.3. The molecule has 0 aliphatic heterocycles. The Kier molecular flexibility index (Phi) is 5.05. The third-order valence-electron chi connectivity index (χ3n) is 3.12. The van der Waals surface area contributed by atoms with Crippen molar-refractivity contribution in [1.29, 1.82) is 0 Å². The van der Waals surface area contributed by atoms with Crippen LogP contribution in [0.1, 0.15) is 29.9 Å². The summed E-state index contributed by atoms with van der Waals surface area (Å²) in [6, 6.07) is 9.22. The molecule has 0 unspecified atom stereocenters. The molecule has 0 fully saturated rings. The summed E-state index contributed by atoms with van der Waals surface area (Å²) >= 11 is 0. The summed E-state index contributed by atoms with van der Waals surface area (Å²) in [5.41, 5.74) is 2.66. The van der Waals surface area contributed by atoms with Gasteiger partial charge in [-0.15, -0.1) is 0 Å². The standard InChI is InChI=1S/C17H18N2O4/c1-11-4-6-14(7-5-11)15-8-16(17(22)23-10-13(3)21)19(18-15)9-12(2)20/h4-8H,9-10H2,1-3H3. The molecule has 6 heteroatoms. The highest BCUT2D eigenvalue weighted by Gasteiger charge is 2.19. The number of Topliss-reactive ketones (excluding diaryl/α,β-unsaturated/α-hetero) is 2. The fourth-order valence-electron chi connectivity index (χ4n) is 2.02. The van der Waals surface area contributed by atoms with Gasteiger partial charge in [0.15, 0.2) is 11.6 Å².